The van der Waals surface area contributed by atoms with Crippen LogP contribution >= 0.6 is 34.7 Å². The molecule has 0 fully saturated rings. The Morgan fingerprint density at radius 2 is 2.00 bits per heavy atom. The molecule has 1 aliphatic rings. The third-order valence-electron chi connectivity index (χ3n) is 5.23. The summed E-state index contributed by atoms with van der Waals surface area (Å²) < 4.78 is 49.4. The molecule has 1 amide bonds. The largest absolute Gasteiger partial charge is 0.493 e. The number of carbonyl (C=O) groups is 1. The summed E-state index contributed by atoms with van der Waals surface area (Å²) in [6.45, 7) is 0. The second kappa shape index (κ2) is 10.5. The van der Waals surface area contributed by atoms with Gasteiger partial charge >= 0.3 is 6.18 Å². The number of methoxy groups -OCH3 is 2. The molecule has 35 heavy (non-hydrogen) atoms. The first-order valence-electron chi connectivity index (χ1n) is 10.2. The number of amides is 1. The van der Waals surface area contributed by atoms with Crippen molar-refractivity contribution in [3.8, 4) is 11.5 Å². The fourth-order valence-electron chi connectivity index (χ4n) is 3.53. The minimum absolute atomic E-state index is 0.108. The number of benzene rings is 1. The van der Waals surface area contributed by atoms with Crippen molar-refractivity contribution in [2.24, 2.45) is 5.10 Å². The van der Waals surface area contributed by atoms with Gasteiger partial charge in [0.15, 0.2) is 11.5 Å². The third kappa shape index (κ3) is 5.57. The zero-order valence-electron chi connectivity index (χ0n) is 18.5. The number of hydrazone groups is 1. The summed E-state index contributed by atoms with van der Waals surface area (Å²) in [6.07, 6.45) is -3.36. The molecule has 1 aromatic carbocycles. The third-order valence-corrected chi connectivity index (χ3v) is 7.54. The first-order chi connectivity index (χ1) is 16.7. The average molecular weight is 542 g/mol. The molecule has 1 atom stereocenters. The molecule has 1 unspecified atom stereocenters. The molecular weight excluding hydrogens is 523 g/mol. The van der Waals surface area contributed by atoms with E-state index in [2.05, 4.69) is 10.1 Å². The maximum absolute atomic E-state index is 13.2. The van der Waals surface area contributed by atoms with Gasteiger partial charge in [-0.05, 0) is 35.2 Å². The van der Waals surface area contributed by atoms with Crippen molar-refractivity contribution in [3.05, 3.63) is 69.0 Å². The number of ether oxygens (including phenoxy) is 2. The predicted molar refractivity (Wildman–Crippen MR) is 130 cm³/mol. The molecule has 3 heterocycles. The van der Waals surface area contributed by atoms with Gasteiger partial charge in [-0.3, -0.25) is 4.79 Å². The molecule has 3 aromatic rings. The van der Waals surface area contributed by atoms with Crippen LogP contribution in [0.5, 0.6) is 11.5 Å². The van der Waals surface area contributed by atoms with E-state index < -0.39 is 17.8 Å². The van der Waals surface area contributed by atoms with Gasteiger partial charge in [-0.25, -0.2) is 9.99 Å². The lowest BCUT2D eigenvalue weighted by molar-refractivity contribution is -0.138. The molecular formula is C23H19ClF3N3O3S2. The SMILES string of the molecule is COc1ccc(C2CC(c3cccs3)=NN2C(=O)CSc2ncc(C(F)(F)F)cc2Cl)cc1OC. The number of hydrogen-bond acceptors (Lipinski definition) is 7. The fraction of sp³-hybridized carbons (Fsp3) is 0.261. The molecule has 0 bridgehead atoms. The second-order valence-electron chi connectivity index (χ2n) is 7.39. The molecule has 184 valence electrons. The van der Waals surface area contributed by atoms with Crippen molar-refractivity contribution in [1.82, 2.24) is 9.99 Å². The van der Waals surface area contributed by atoms with Crippen molar-refractivity contribution in [1.29, 1.82) is 0 Å². The Kier molecular flexibility index (Phi) is 7.58. The summed E-state index contributed by atoms with van der Waals surface area (Å²) in [6, 6.07) is 9.67. The zero-order valence-corrected chi connectivity index (χ0v) is 20.9. The van der Waals surface area contributed by atoms with Gasteiger partial charge in [0.1, 0.15) is 5.03 Å². The van der Waals surface area contributed by atoms with E-state index >= 15 is 0 Å². The molecule has 0 aliphatic carbocycles. The van der Waals surface area contributed by atoms with E-state index in [0.717, 1.165) is 34.0 Å². The van der Waals surface area contributed by atoms with E-state index in [0.29, 0.717) is 24.1 Å². The van der Waals surface area contributed by atoms with Crippen molar-refractivity contribution in [2.45, 2.75) is 23.7 Å². The Hall–Kier alpha value is -2.76. The molecule has 0 saturated heterocycles. The molecule has 0 N–H and O–H groups in total. The van der Waals surface area contributed by atoms with Crippen molar-refractivity contribution in [2.75, 3.05) is 20.0 Å². The molecule has 0 saturated carbocycles. The van der Waals surface area contributed by atoms with E-state index in [1.165, 1.54) is 23.5 Å². The van der Waals surface area contributed by atoms with E-state index in [9.17, 15) is 18.0 Å². The smallest absolute Gasteiger partial charge is 0.417 e. The monoisotopic (exact) mass is 541 g/mol. The highest BCUT2D eigenvalue weighted by Crippen LogP contribution is 2.39. The molecule has 2 aromatic heterocycles. The number of halogens is 4. The molecule has 6 nitrogen and oxygen atoms in total. The summed E-state index contributed by atoms with van der Waals surface area (Å²) in [5, 5.41) is 7.90. The number of alkyl halides is 3. The fourth-order valence-corrected chi connectivity index (χ4v) is 5.30. The van der Waals surface area contributed by atoms with Crippen molar-refractivity contribution in [3.63, 3.8) is 0 Å². The van der Waals surface area contributed by atoms with Gasteiger partial charge in [0.05, 0.1) is 47.2 Å². The second-order valence-corrected chi connectivity index (χ2v) is 9.71. The standard InChI is InChI=1S/C23H19ClF3N3O3S2/c1-32-18-6-5-13(8-19(18)33-2)17-10-16(20-4-3-7-34-20)29-30(17)21(31)12-35-22-15(24)9-14(11-28-22)23(25,26)27/h3-9,11,17H,10,12H2,1-2H3. The predicted octanol–water partition coefficient (Wildman–Crippen LogP) is 6.30. The number of thiophene rings is 1. The van der Waals surface area contributed by atoms with Crippen LogP contribution in [0.2, 0.25) is 5.02 Å². The van der Waals surface area contributed by atoms with Gasteiger partial charge in [0, 0.05) is 12.6 Å². The number of carbonyl (C=O) groups excluding carboxylic acids is 1. The number of aromatic nitrogens is 1. The van der Waals surface area contributed by atoms with Crippen molar-refractivity contribution < 1.29 is 27.4 Å². The maximum Gasteiger partial charge on any atom is 0.417 e. The van der Waals surface area contributed by atoms with Crippen LogP contribution in [-0.4, -0.2) is 41.6 Å². The average Bonchev–Trinajstić information content (AvgIpc) is 3.52. The van der Waals surface area contributed by atoms with Crippen LogP contribution in [0.1, 0.15) is 28.5 Å². The van der Waals surface area contributed by atoms with E-state index in [1.807, 2.05) is 23.6 Å². The van der Waals surface area contributed by atoms with Crippen LogP contribution in [-0.2, 0) is 11.0 Å². The van der Waals surface area contributed by atoms with Crippen LogP contribution in [0.4, 0.5) is 13.2 Å². The van der Waals surface area contributed by atoms with Gasteiger partial charge < -0.3 is 9.47 Å². The lowest BCUT2D eigenvalue weighted by atomic mass is 10.0. The minimum Gasteiger partial charge on any atom is -0.493 e. The summed E-state index contributed by atoms with van der Waals surface area (Å²) in [5.74, 6) is 0.643. The van der Waals surface area contributed by atoms with Gasteiger partial charge in [-0.15, -0.1) is 11.3 Å². The highest BCUT2D eigenvalue weighted by molar-refractivity contribution is 8.00. The first kappa shape index (κ1) is 25.3. The van der Waals surface area contributed by atoms with Crippen LogP contribution < -0.4 is 9.47 Å². The Morgan fingerprint density at radius 1 is 1.23 bits per heavy atom. The highest BCUT2D eigenvalue weighted by Gasteiger charge is 2.35. The molecule has 0 spiro atoms. The molecule has 1 aliphatic heterocycles. The lowest BCUT2D eigenvalue weighted by Crippen LogP contribution is -2.28. The lowest BCUT2D eigenvalue weighted by Gasteiger charge is -2.23. The van der Waals surface area contributed by atoms with Crippen LogP contribution in [0.25, 0.3) is 0 Å². The Labute approximate surface area is 212 Å². The first-order valence-corrected chi connectivity index (χ1v) is 12.5. The van der Waals surface area contributed by atoms with Crippen LogP contribution in [0.15, 0.2) is 58.1 Å². The van der Waals surface area contributed by atoms with Crippen molar-refractivity contribution >= 4 is 46.3 Å². The van der Waals surface area contributed by atoms with E-state index in [-0.39, 0.29) is 21.7 Å². The number of pyridine rings is 1. The van der Waals surface area contributed by atoms with E-state index in [4.69, 9.17) is 21.1 Å². The maximum atomic E-state index is 13.2. The topological polar surface area (TPSA) is 64.0 Å². The van der Waals surface area contributed by atoms with Gasteiger partial charge in [-0.1, -0.05) is 35.5 Å². The molecule has 12 heteroatoms. The highest BCUT2D eigenvalue weighted by atomic mass is 35.5. The quantitative estimate of drug-likeness (QED) is 0.328. The zero-order chi connectivity index (χ0) is 25.2. The van der Waals surface area contributed by atoms with Crippen LogP contribution in [0, 0.1) is 0 Å². The van der Waals surface area contributed by atoms with Crippen LogP contribution in [0.3, 0.4) is 0 Å². The number of thioether (sulfide) groups is 1. The molecule has 0 radical (unpaired) electrons. The Balaban J connectivity index is 1.57. The molecule has 4 rings (SSSR count). The number of hydrogen-bond donors (Lipinski definition) is 0. The van der Waals surface area contributed by atoms with Gasteiger partial charge in [-0.2, -0.15) is 18.3 Å². The van der Waals surface area contributed by atoms with E-state index in [1.54, 1.807) is 19.2 Å². The van der Waals surface area contributed by atoms with Gasteiger partial charge in [0.25, 0.3) is 5.91 Å². The summed E-state index contributed by atoms with van der Waals surface area (Å²) in [7, 11) is 3.07. The Morgan fingerprint density at radius 3 is 2.63 bits per heavy atom. The Bertz CT molecular complexity index is 1250. The number of nitrogens with zero attached hydrogens (tertiary/aromatic N) is 3. The number of rotatable bonds is 7. The summed E-state index contributed by atoms with van der Waals surface area (Å²) in [4.78, 5) is 18.0. The minimum atomic E-state index is -4.55. The summed E-state index contributed by atoms with van der Waals surface area (Å²) in [5.41, 5.74) is 0.627. The summed E-state index contributed by atoms with van der Waals surface area (Å²) >= 11 is 8.48. The normalized spacial score (nSPS) is 15.8. The van der Waals surface area contributed by atoms with Gasteiger partial charge in [0.2, 0.25) is 0 Å².